The molecule has 0 bridgehead atoms. The van der Waals surface area contributed by atoms with Crippen LogP contribution in [0.5, 0.6) is 11.8 Å². The van der Waals surface area contributed by atoms with E-state index in [4.69, 9.17) is 22.1 Å². The molecule has 0 atom stereocenters. The van der Waals surface area contributed by atoms with E-state index in [1.807, 2.05) is 0 Å². The number of nitrogens with zero attached hydrogens (tertiary/aromatic N) is 3. The number of ether oxygens (including phenoxy) is 1. The van der Waals surface area contributed by atoms with Crippen LogP contribution in [0.3, 0.4) is 0 Å². The summed E-state index contributed by atoms with van der Waals surface area (Å²) in [5.74, 6) is 0.0328. The number of benzene rings is 1. The summed E-state index contributed by atoms with van der Waals surface area (Å²) in [4.78, 5) is 17.3. The highest BCUT2D eigenvalue weighted by molar-refractivity contribution is 9.10. The summed E-state index contributed by atoms with van der Waals surface area (Å²) in [5, 5.41) is 10.9. The molecule has 2 N–H and O–H groups in total. The number of hydrogen-bond acceptors (Lipinski definition) is 6. The van der Waals surface area contributed by atoms with Gasteiger partial charge in [-0.1, -0.05) is 27.5 Å². The average Bonchev–Trinajstić information content (AvgIpc) is 2.33. The highest BCUT2D eigenvalue weighted by Crippen LogP contribution is 2.31. The van der Waals surface area contributed by atoms with E-state index in [0.29, 0.717) is 10.8 Å². The van der Waals surface area contributed by atoms with Crippen molar-refractivity contribution in [1.29, 1.82) is 0 Å². The van der Waals surface area contributed by atoms with Crippen LogP contribution in [0.2, 0.25) is 5.02 Å². The molecule has 0 saturated heterocycles. The van der Waals surface area contributed by atoms with E-state index in [-0.39, 0.29) is 17.5 Å². The number of rotatable bonds is 3. The van der Waals surface area contributed by atoms with Crippen molar-refractivity contribution in [3.63, 3.8) is 0 Å². The van der Waals surface area contributed by atoms with Gasteiger partial charge >= 0.3 is 11.7 Å². The van der Waals surface area contributed by atoms with Crippen molar-refractivity contribution < 1.29 is 9.66 Å². The standard InChI is InChI=1S/C10H6BrClN4O3/c11-5-1-2-6(12)8(3-5)19-10-14-4-7(16(17)18)9(13)15-10/h1-4H,(H2,13,14,15). The molecule has 0 aliphatic carbocycles. The van der Waals surface area contributed by atoms with E-state index >= 15 is 0 Å². The lowest BCUT2D eigenvalue weighted by atomic mass is 10.3. The normalized spacial score (nSPS) is 10.2. The Hall–Kier alpha value is -1.93. The Morgan fingerprint density at radius 3 is 2.84 bits per heavy atom. The van der Waals surface area contributed by atoms with Crippen molar-refractivity contribution in [2.24, 2.45) is 0 Å². The number of aromatic nitrogens is 2. The predicted molar refractivity (Wildman–Crippen MR) is 72.3 cm³/mol. The Kier molecular flexibility index (Phi) is 3.82. The summed E-state index contributed by atoms with van der Waals surface area (Å²) >= 11 is 9.19. The van der Waals surface area contributed by atoms with E-state index in [0.717, 1.165) is 10.7 Å². The lowest BCUT2D eigenvalue weighted by Gasteiger charge is -2.06. The highest BCUT2D eigenvalue weighted by Gasteiger charge is 2.15. The Bertz CT molecular complexity index is 653. The third-order valence-corrected chi connectivity index (χ3v) is 2.87. The molecule has 2 aromatic rings. The zero-order chi connectivity index (χ0) is 14.0. The van der Waals surface area contributed by atoms with Gasteiger partial charge in [-0.2, -0.15) is 9.97 Å². The first kappa shape index (κ1) is 13.5. The molecule has 7 nitrogen and oxygen atoms in total. The topological polar surface area (TPSA) is 104 Å². The first-order valence-electron chi connectivity index (χ1n) is 4.87. The van der Waals surface area contributed by atoms with Crippen LogP contribution in [0.4, 0.5) is 11.5 Å². The van der Waals surface area contributed by atoms with Gasteiger partial charge in [0.2, 0.25) is 5.82 Å². The molecule has 1 heterocycles. The number of nitrogen functional groups attached to an aromatic ring is 1. The van der Waals surface area contributed by atoms with Crippen LogP contribution in [0.1, 0.15) is 0 Å². The van der Waals surface area contributed by atoms with E-state index in [1.54, 1.807) is 18.2 Å². The van der Waals surface area contributed by atoms with Crippen molar-refractivity contribution in [2.75, 3.05) is 5.73 Å². The first-order valence-corrected chi connectivity index (χ1v) is 6.04. The second-order valence-electron chi connectivity index (χ2n) is 3.36. The minimum Gasteiger partial charge on any atom is -0.423 e. The fourth-order valence-electron chi connectivity index (χ4n) is 1.22. The van der Waals surface area contributed by atoms with Gasteiger partial charge in [-0.25, -0.2) is 0 Å². The van der Waals surface area contributed by atoms with Crippen molar-refractivity contribution >= 4 is 39.0 Å². The van der Waals surface area contributed by atoms with E-state index in [2.05, 4.69) is 25.9 Å². The van der Waals surface area contributed by atoms with Gasteiger partial charge in [-0.05, 0) is 18.2 Å². The second-order valence-corrected chi connectivity index (χ2v) is 4.68. The minimum absolute atomic E-state index is 0.122. The number of hydrogen-bond donors (Lipinski definition) is 1. The SMILES string of the molecule is Nc1nc(Oc2cc(Br)ccc2Cl)ncc1[N+](=O)[O-]. The zero-order valence-corrected chi connectivity index (χ0v) is 11.6. The number of halogens is 2. The van der Waals surface area contributed by atoms with Crippen LogP contribution in [0, 0.1) is 10.1 Å². The molecular weight excluding hydrogens is 339 g/mol. The molecule has 9 heteroatoms. The van der Waals surface area contributed by atoms with E-state index in [9.17, 15) is 10.1 Å². The van der Waals surface area contributed by atoms with Crippen LogP contribution >= 0.6 is 27.5 Å². The van der Waals surface area contributed by atoms with Crippen LogP contribution < -0.4 is 10.5 Å². The quantitative estimate of drug-likeness (QED) is 0.676. The minimum atomic E-state index is -0.675. The maximum absolute atomic E-state index is 10.6. The Labute approximate surface area is 120 Å². The number of anilines is 1. The molecule has 2 rings (SSSR count). The molecule has 98 valence electrons. The summed E-state index contributed by atoms with van der Waals surface area (Å²) in [7, 11) is 0. The zero-order valence-electron chi connectivity index (χ0n) is 9.21. The van der Waals surface area contributed by atoms with Crippen LogP contribution in [-0.4, -0.2) is 14.9 Å². The fraction of sp³-hybridized carbons (Fsp3) is 0. The average molecular weight is 346 g/mol. The molecule has 1 aromatic heterocycles. The van der Waals surface area contributed by atoms with Crippen LogP contribution in [0.25, 0.3) is 0 Å². The summed E-state index contributed by atoms with van der Waals surface area (Å²) in [6.07, 6.45) is 0.976. The third kappa shape index (κ3) is 3.09. The van der Waals surface area contributed by atoms with Crippen molar-refractivity contribution in [2.45, 2.75) is 0 Å². The molecule has 0 unspecified atom stereocenters. The van der Waals surface area contributed by atoms with Gasteiger partial charge in [0.15, 0.2) is 5.75 Å². The van der Waals surface area contributed by atoms with Gasteiger partial charge in [0, 0.05) is 4.47 Å². The van der Waals surface area contributed by atoms with Gasteiger partial charge in [0.25, 0.3) is 0 Å². The molecule has 0 saturated carbocycles. The largest absolute Gasteiger partial charge is 0.423 e. The summed E-state index contributed by atoms with van der Waals surface area (Å²) in [6, 6.07) is 4.85. The molecular formula is C10H6BrClN4O3. The maximum atomic E-state index is 10.6. The van der Waals surface area contributed by atoms with Gasteiger partial charge in [-0.3, -0.25) is 10.1 Å². The summed E-state index contributed by atoms with van der Waals surface area (Å²) in [5.41, 5.74) is 5.05. The molecule has 0 amide bonds. The predicted octanol–water partition coefficient (Wildman–Crippen LogP) is 3.18. The van der Waals surface area contributed by atoms with E-state index < -0.39 is 4.92 Å². The summed E-state index contributed by atoms with van der Waals surface area (Å²) < 4.78 is 6.07. The Balaban J connectivity index is 2.31. The van der Waals surface area contributed by atoms with Crippen LogP contribution in [0.15, 0.2) is 28.9 Å². The Morgan fingerprint density at radius 2 is 2.21 bits per heavy atom. The maximum Gasteiger partial charge on any atom is 0.329 e. The van der Waals surface area contributed by atoms with Gasteiger partial charge in [-0.15, -0.1) is 0 Å². The first-order chi connectivity index (χ1) is 8.97. The number of nitro groups is 1. The molecule has 0 aliphatic heterocycles. The number of nitrogens with two attached hydrogens (primary N) is 1. The summed E-state index contributed by atoms with van der Waals surface area (Å²) in [6.45, 7) is 0. The van der Waals surface area contributed by atoms with Crippen molar-refractivity contribution in [3.05, 3.63) is 44.0 Å². The third-order valence-electron chi connectivity index (χ3n) is 2.07. The van der Waals surface area contributed by atoms with Gasteiger partial charge in [0.05, 0.1) is 9.95 Å². The lowest BCUT2D eigenvalue weighted by Crippen LogP contribution is -2.01. The molecule has 0 radical (unpaired) electrons. The highest BCUT2D eigenvalue weighted by atomic mass is 79.9. The molecule has 0 fully saturated rings. The fourth-order valence-corrected chi connectivity index (χ4v) is 1.71. The molecule has 1 aromatic carbocycles. The smallest absolute Gasteiger partial charge is 0.329 e. The van der Waals surface area contributed by atoms with E-state index in [1.165, 1.54) is 0 Å². The molecule has 0 aliphatic rings. The lowest BCUT2D eigenvalue weighted by molar-refractivity contribution is -0.384. The van der Waals surface area contributed by atoms with Gasteiger partial charge < -0.3 is 10.5 Å². The molecule has 19 heavy (non-hydrogen) atoms. The van der Waals surface area contributed by atoms with Crippen LogP contribution in [-0.2, 0) is 0 Å². The second kappa shape index (κ2) is 5.37. The van der Waals surface area contributed by atoms with Crippen molar-refractivity contribution in [3.8, 4) is 11.8 Å². The van der Waals surface area contributed by atoms with Gasteiger partial charge in [0.1, 0.15) is 6.20 Å². The Morgan fingerprint density at radius 1 is 1.47 bits per heavy atom. The monoisotopic (exact) mass is 344 g/mol. The molecule has 0 spiro atoms. The van der Waals surface area contributed by atoms with Crippen molar-refractivity contribution in [1.82, 2.24) is 9.97 Å².